The molecule has 0 saturated carbocycles. The highest BCUT2D eigenvalue weighted by atomic mass is 19.4. The van der Waals surface area contributed by atoms with Crippen LogP contribution in [0.3, 0.4) is 0 Å². The summed E-state index contributed by atoms with van der Waals surface area (Å²) in [6.07, 6.45) is 0.443. The maximum absolute atomic E-state index is 13.7. The van der Waals surface area contributed by atoms with Crippen molar-refractivity contribution in [3.63, 3.8) is 0 Å². The fourth-order valence-corrected chi connectivity index (χ4v) is 4.58. The molecular formula is C27H33F3N2O5. The Morgan fingerprint density at radius 3 is 2.68 bits per heavy atom. The molecule has 1 aromatic carbocycles. The van der Waals surface area contributed by atoms with Crippen molar-refractivity contribution < 1.29 is 37.7 Å². The van der Waals surface area contributed by atoms with Gasteiger partial charge in [-0.3, -0.25) is 5.41 Å². The van der Waals surface area contributed by atoms with Gasteiger partial charge in [0.05, 0.1) is 17.8 Å². The van der Waals surface area contributed by atoms with E-state index in [4.69, 9.17) is 14.9 Å². The third-order valence-electron chi connectivity index (χ3n) is 6.47. The number of aliphatic hydroxyl groups is 2. The van der Waals surface area contributed by atoms with Gasteiger partial charge >= 0.3 is 12.1 Å². The van der Waals surface area contributed by atoms with Crippen LogP contribution >= 0.6 is 0 Å². The Kier molecular flexibility index (Phi) is 8.99. The topological polar surface area (TPSA) is 103 Å². The van der Waals surface area contributed by atoms with E-state index in [1.165, 1.54) is 25.1 Å². The number of aliphatic hydroxyl groups excluding tert-OH is 2. The van der Waals surface area contributed by atoms with Gasteiger partial charge in [0, 0.05) is 42.7 Å². The first kappa shape index (κ1) is 28.6. The van der Waals surface area contributed by atoms with Crippen LogP contribution in [-0.2, 0) is 20.4 Å². The van der Waals surface area contributed by atoms with Gasteiger partial charge in [0.2, 0.25) is 0 Å². The number of fused-ring (bicyclic) bond motifs is 1. The predicted molar refractivity (Wildman–Crippen MR) is 133 cm³/mol. The van der Waals surface area contributed by atoms with Crippen molar-refractivity contribution in [2.45, 2.75) is 50.6 Å². The molecule has 1 aliphatic carbocycles. The first-order valence-corrected chi connectivity index (χ1v) is 12.0. The molecule has 0 spiro atoms. The summed E-state index contributed by atoms with van der Waals surface area (Å²) in [6.45, 7) is 6.59. The van der Waals surface area contributed by atoms with Crippen molar-refractivity contribution in [3.05, 3.63) is 65.8 Å². The number of nitrogens with zero attached hydrogens (tertiary/aromatic N) is 1. The minimum absolute atomic E-state index is 0.0456. The predicted octanol–water partition coefficient (Wildman–Crippen LogP) is 3.96. The third-order valence-corrected chi connectivity index (χ3v) is 6.47. The maximum atomic E-state index is 13.7. The van der Waals surface area contributed by atoms with Gasteiger partial charge in [-0.05, 0) is 31.9 Å². The number of halogens is 3. The first-order valence-electron chi connectivity index (χ1n) is 12.0. The zero-order valence-corrected chi connectivity index (χ0v) is 20.9. The van der Waals surface area contributed by atoms with Crippen molar-refractivity contribution in [2.24, 2.45) is 5.92 Å². The number of esters is 1. The molecule has 0 bridgehead atoms. The highest BCUT2D eigenvalue weighted by Crippen LogP contribution is 2.42. The SMILES string of the molecule is C=C(C)C(=O)OCC(O)COC1(C)C=CC2C=C(c3ccccc3C(F)(F)F)C(=N)N(CCCO)C2C1. The summed E-state index contributed by atoms with van der Waals surface area (Å²) in [4.78, 5) is 13.3. The molecule has 0 radical (unpaired) electrons. The van der Waals surface area contributed by atoms with Crippen LogP contribution in [0.5, 0.6) is 0 Å². The Hall–Kier alpha value is -2.95. The van der Waals surface area contributed by atoms with Crippen molar-refractivity contribution in [1.29, 1.82) is 5.41 Å². The largest absolute Gasteiger partial charge is 0.460 e. The Balaban J connectivity index is 1.84. The van der Waals surface area contributed by atoms with Gasteiger partial charge in [-0.25, -0.2) is 4.79 Å². The molecule has 202 valence electrons. The number of hydrogen-bond acceptors (Lipinski definition) is 6. The lowest BCUT2D eigenvalue weighted by Crippen LogP contribution is -2.53. The average Bonchev–Trinajstić information content (AvgIpc) is 2.85. The maximum Gasteiger partial charge on any atom is 0.417 e. The molecule has 37 heavy (non-hydrogen) atoms. The van der Waals surface area contributed by atoms with Gasteiger partial charge in [-0.1, -0.05) is 43.0 Å². The Bertz CT molecular complexity index is 1080. The van der Waals surface area contributed by atoms with Crippen LogP contribution in [0.1, 0.15) is 37.8 Å². The summed E-state index contributed by atoms with van der Waals surface area (Å²) in [7, 11) is 0. The van der Waals surface area contributed by atoms with Crippen LogP contribution in [0.25, 0.3) is 5.57 Å². The number of amidine groups is 1. The van der Waals surface area contributed by atoms with Gasteiger partial charge in [0.1, 0.15) is 18.5 Å². The molecule has 0 fully saturated rings. The Morgan fingerprint density at radius 1 is 1.32 bits per heavy atom. The molecule has 4 atom stereocenters. The van der Waals surface area contributed by atoms with E-state index >= 15 is 0 Å². The molecule has 2 aliphatic rings. The molecule has 10 heteroatoms. The van der Waals surface area contributed by atoms with Crippen LogP contribution in [0.15, 0.2) is 54.6 Å². The third kappa shape index (κ3) is 6.88. The zero-order chi connectivity index (χ0) is 27.4. The van der Waals surface area contributed by atoms with Crippen LogP contribution < -0.4 is 0 Å². The standard InChI is InChI=1S/C27H33F3N2O5/c1-17(2)25(35)36-15-19(34)16-37-26(3)10-9-18-13-21(20-7-4-5-8-22(20)27(28,29)30)24(31)32(11-6-12-33)23(18)14-26/h4-5,7-10,13,18-19,23,31,33-34H,1,6,11-12,14-16H2,2-3H3. The monoisotopic (exact) mass is 522 g/mol. The molecule has 1 aliphatic heterocycles. The number of carbonyl (C=O) groups excluding carboxylic acids is 1. The molecule has 0 aromatic heterocycles. The van der Waals surface area contributed by atoms with Gasteiger partial charge in [0.25, 0.3) is 0 Å². The van der Waals surface area contributed by atoms with Gasteiger partial charge in [0.15, 0.2) is 0 Å². The number of alkyl halides is 3. The number of nitrogens with one attached hydrogen (secondary N) is 1. The fraction of sp³-hybridized carbons (Fsp3) is 0.481. The summed E-state index contributed by atoms with van der Waals surface area (Å²) >= 11 is 0. The van der Waals surface area contributed by atoms with Gasteiger partial charge < -0.3 is 24.6 Å². The smallest absolute Gasteiger partial charge is 0.417 e. The van der Waals surface area contributed by atoms with Crippen molar-refractivity contribution in [3.8, 4) is 0 Å². The molecule has 1 aromatic rings. The number of benzene rings is 1. The van der Waals surface area contributed by atoms with Crippen LogP contribution in [0.4, 0.5) is 13.2 Å². The average molecular weight is 523 g/mol. The van der Waals surface area contributed by atoms with Crippen molar-refractivity contribution in [1.82, 2.24) is 4.90 Å². The highest BCUT2D eigenvalue weighted by Gasteiger charge is 2.43. The van der Waals surface area contributed by atoms with Gasteiger partial charge in [-0.15, -0.1) is 0 Å². The molecule has 7 nitrogen and oxygen atoms in total. The normalized spacial score (nSPS) is 24.4. The number of hydrogen-bond donors (Lipinski definition) is 3. The van der Waals surface area contributed by atoms with Crippen LogP contribution in [-0.4, -0.2) is 71.0 Å². The number of rotatable bonds is 10. The summed E-state index contributed by atoms with van der Waals surface area (Å²) in [5, 5.41) is 28.4. The minimum Gasteiger partial charge on any atom is -0.460 e. The molecule has 1 heterocycles. The van der Waals surface area contributed by atoms with E-state index in [-0.39, 0.29) is 60.9 Å². The van der Waals surface area contributed by atoms with Gasteiger partial charge in [-0.2, -0.15) is 13.2 Å². The van der Waals surface area contributed by atoms with Crippen LogP contribution in [0, 0.1) is 11.3 Å². The number of ether oxygens (including phenoxy) is 2. The van der Waals surface area contributed by atoms with E-state index in [2.05, 4.69) is 6.58 Å². The summed E-state index contributed by atoms with van der Waals surface area (Å²) in [5.74, 6) is -0.946. The molecular weight excluding hydrogens is 489 g/mol. The van der Waals surface area contributed by atoms with E-state index in [1.807, 2.05) is 19.1 Å². The molecule has 0 saturated heterocycles. The molecule has 4 unspecified atom stereocenters. The van der Waals surface area contributed by atoms with Crippen molar-refractivity contribution in [2.75, 3.05) is 26.4 Å². The van der Waals surface area contributed by atoms with Crippen LogP contribution in [0.2, 0.25) is 0 Å². The second kappa shape index (κ2) is 11.6. The lowest BCUT2D eigenvalue weighted by molar-refractivity contribution is -0.144. The first-order chi connectivity index (χ1) is 17.4. The second-order valence-electron chi connectivity index (χ2n) is 9.61. The van der Waals surface area contributed by atoms with E-state index < -0.39 is 29.4 Å². The highest BCUT2D eigenvalue weighted by molar-refractivity contribution is 6.22. The van der Waals surface area contributed by atoms with E-state index in [0.29, 0.717) is 12.8 Å². The fourth-order valence-electron chi connectivity index (χ4n) is 4.58. The van der Waals surface area contributed by atoms with E-state index in [0.717, 1.165) is 6.07 Å². The Morgan fingerprint density at radius 2 is 2.03 bits per heavy atom. The summed E-state index contributed by atoms with van der Waals surface area (Å²) < 4.78 is 52.1. The van der Waals surface area contributed by atoms with Crippen molar-refractivity contribution >= 4 is 17.4 Å². The lowest BCUT2D eigenvalue weighted by atomic mass is 9.76. The zero-order valence-electron chi connectivity index (χ0n) is 20.9. The van der Waals surface area contributed by atoms with E-state index in [9.17, 15) is 28.2 Å². The minimum atomic E-state index is -4.57. The Labute approximate surface area is 214 Å². The quantitative estimate of drug-likeness (QED) is 0.244. The number of carbonyl (C=O) groups is 1. The molecule has 3 N–H and O–H groups in total. The summed E-state index contributed by atoms with van der Waals surface area (Å²) in [6, 6.07) is 4.92. The molecule has 3 rings (SSSR count). The lowest BCUT2D eigenvalue weighted by Gasteiger charge is -2.47. The molecule has 0 amide bonds. The second-order valence-corrected chi connectivity index (χ2v) is 9.61. The van der Waals surface area contributed by atoms with E-state index in [1.54, 1.807) is 11.0 Å². The summed E-state index contributed by atoms with van der Waals surface area (Å²) in [5.41, 5.74) is -1.29.